The average molecular weight is 429 g/mol. The molecule has 6 heteroatoms. The molecule has 3 nitrogen and oxygen atoms in total. The van der Waals surface area contributed by atoms with Gasteiger partial charge < -0.3 is 5.32 Å². The molecule has 0 aliphatic carbocycles. The molecule has 0 fully saturated rings. The van der Waals surface area contributed by atoms with Gasteiger partial charge in [-0.3, -0.25) is 4.79 Å². The molecule has 1 amide bonds. The predicted octanol–water partition coefficient (Wildman–Crippen LogP) is 5.97. The van der Waals surface area contributed by atoms with Gasteiger partial charge in [0.1, 0.15) is 0 Å². The van der Waals surface area contributed by atoms with Gasteiger partial charge in [0.05, 0.1) is 20.8 Å². The van der Waals surface area contributed by atoms with Crippen molar-refractivity contribution >= 4 is 60.4 Å². The van der Waals surface area contributed by atoms with Crippen molar-refractivity contribution in [2.45, 2.75) is 6.42 Å². The number of nitrogens with one attached hydrogen (secondary N) is 1. The van der Waals surface area contributed by atoms with E-state index in [-0.39, 0.29) is 5.91 Å². The van der Waals surface area contributed by atoms with Crippen LogP contribution >= 0.6 is 38.6 Å². The molecule has 124 valence electrons. The number of fused-ring (bicyclic) bond motifs is 1. The number of halogens is 1. The summed E-state index contributed by atoms with van der Waals surface area (Å²) in [7, 11) is 0. The van der Waals surface area contributed by atoms with Crippen LogP contribution in [0.3, 0.4) is 0 Å². The number of carbonyl (C=O) groups is 1. The van der Waals surface area contributed by atoms with E-state index in [0.29, 0.717) is 11.6 Å². The molecule has 4 aromatic rings. The van der Waals surface area contributed by atoms with Crippen molar-refractivity contribution in [3.8, 4) is 10.6 Å². The maximum absolute atomic E-state index is 12.3. The van der Waals surface area contributed by atoms with Gasteiger partial charge >= 0.3 is 0 Å². The zero-order valence-electron chi connectivity index (χ0n) is 13.0. The Kier molecular flexibility index (Phi) is 4.65. The van der Waals surface area contributed by atoms with Crippen LogP contribution in [0.5, 0.6) is 0 Å². The van der Waals surface area contributed by atoms with E-state index in [2.05, 4.69) is 44.4 Å². The second-order valence-electron chi connectivity index (χ2n) is 5.55. The van der Waals surface area contributed by atoms with Gasteiger partial charge in [-0.05, 0) is 44.4 Å². The van der Waals surface area contributed by atoms with Crippen LogP contribution in [-0.4, -0.2) is 10.9 Å². The van der Waals surface area contributed by atoms with Crippen LogP contribution in [0.15, 0.2) is 63.8 Å². The minimum Gasteiger partial charge on any atom is -0.302 e. The Balaban J connectivity index is 1.45. The molecule has 0 aliphatic heterocycles. The first-order valence-electron chi connectivity index (χ1n) is 7.66. The number of hydrogen-bond acceptors (Lipinski definition) is 4. The molecule has 0 unspecified atom stereocenters. The van der Waals surface area contributed by atoms with Crippen LogP contribution in [0.25, 0.3) is 21.3 Å². The summed E-state index contributed by atoms with van der Waals surface area (Å²) >= 11 is 6.52. The Morgan fingerprint density at radius 2 is 1.92 bits per heavy atom. The van der Waals surface area contributed by atoms with Crippen molar-refractivity contribution in [2.75, 3.05) is 5.32 Å². The normalized spacial score (nSPS) is 10.9. The van der Waals surface area contributed by atoms with Crippen molar-refractivity contribution in [3.63, 3.8) is 0 Å². The number of amides is 1. The van der Waals surface area contributed by atoms with Crippen LogP contribution in [0.2, 0.25) is 0 Å². The summed E-state index contributed by atoms with van der Waals surface area (Å²) in [6.45, 7) is 0. The minimum atomic E-state index is -0.0523. The minimum absolute atomic E-state index is 0.0523. The molecule has 0 bridgehead atoms. The molecule has 1 N–H and O–H groups in total. The van der Waals surface area contributed by atoms with E-state index in [0.717, 1.165) is 25.3 Å². The van der Waals surface area contributed by atoms with Gasteiger partial charge in [-0.1, -0.05) is 42.5 Å². The summed E-state index contributed by atoms with van der Waals surface area (Å²) in [5.41, 5.74) is 1.89. The lowest BCUT2D eigenvalue weighted by atomic mass is 10.1. The number of anilines is 1. The third-order valence-corrected chi connectivity index (χ3v) is 6.16. The monoisotopic (exact) mass is 428 g/mol. The Morgan fingerprint density at radius 3 is 2.72 bits per heavy atom. The van der Waals surface area contributed by atoms with Crippen molar-refractivity contribution in [3.05, 3.63) is 69.3 Å². The van der Waals surface area contributed by atoms with Crippen LogP contribution in [0.4, 0.5) is 5.13 Å². The number of aromatic nitrogens is 1. The third kappa shape index (κ3) is 3.81. The van der Waals surface area contributed by atoms with Crippen LogP contribution in [0.1, 0.15) is 5.56 Å². The highest BCUT2D eigenvalue weighted by molar-refractivity contribution is 9.11. The first kappa shape index (κ1) is 16.4. The lowest BCUT2D eigenvalue weighted by Crippen LogP contribution is -2.14. The van der Waals surface area contributed by atoms with E-state index in [9.17, 15) is 4.79 Å². The molecular weight excluding hydrogens is 416 g/mol. The highest BCUT2D eigenvalue weighted by Crippen LogP contribution is 2.33. The second kappa shape index (κ2) is 7.07. The highest BCUT2D eigenvalue weighted by atomic mass is 79.9. The molecule has 0 atom stereocenters. The van der Waals surface area contributed by atoms with Crippen LogP contribution in [-0.2, 0) is 11.2 Å². The highest BCUT2D eigenvalue weighted by Gasteiger charge is 2.10. The van der Waals surface area contributed by atoms with Gasteiger partial charge in [0.15, 0.2) is 5.13 Å². The van der Waals surface area contributed by atoms with Crippen molar-refractivity contribution in [2.24, 2.45) is 0 Å². The van der Waals surface area contributed by atoms with E-state index in [1.54, 1.807) is 11.3 Å². The number of rotatable bonds is 4. The smallest absolute Gasteiger partial charge is 0.230 e. The summed E-state index contributed by atoms with van der Waals surface area (Å²) in [6.07, 6.45) is 0.338. The summed E-state index contributed by atoms with van der Waals surface area (Å²) in [5, 5.41) is 7.81. The molecule has 25 heavy (non-hydrogen) atoms. The number of benzene rings is 2. The van der Waals surface area contributed by atoms with Crippen molar-refractivity contribution in [1.82, 2.24) is 4.98 Å². The van der Waals surface area contributed by atoms with E-state index in [4.69, 9.17) is 0 Å². The zero-order valence-corrected chi connectivity index (χ0v) is 16.2. The predicted molar refractivity (Wildman–Crippen MR) is 109 cm³/mol. The fourth-order valence-corrected chi connectivity index (χ4v) is 4.74. The maximum Gasteiger partial charge on any atom is 0.230 e. The molecular formula is C19H13BrN2OS2. The fraction of sp³-hybridized carbons (Fsp3) is 0.0526. The average Bonchev–Trinajstić information content (AvgIpc) is 3.23. The molecule has 0 radical (unpaired) electrons. The van der Waals surface area contributed by atoms with Crippen molar-refractivity contribution in [1.29, 1.82) is 0 Å². The van der Waals surface area contributed by atoms with Crippen LogP contribution in [0, 0.1) is 0 Å². The van der Waals surface area contributed by atoms with Crippen molar-refractivity contribution < 1.29 is 4.79 Å². The number of carbonyl (C=O) groups excluding carboxylic acids is 1. The third-order valence-electron chi connectivity index (χ3n) is 3.75. The molecule has 0 saturated heterocycles. The summed E-state index contributed by atoms with van der Waals surface area (Å²) < 4.78 is 1.07. The molecule has 2 aromatic carbocycles. The molecule has 2 aromatic heterocycles. The van der Waals surface area contributed by atoms with Gasteiger partial charge in [0.25, 0.3) is 0 Å². The van der Waals surface area contributed by atoms with Gasteiger partial charge in [-0.2, -0.15) is 0 Å². The molecule has 4 rings (SSSR count). The number of hydrogen-bond donors (Lipinski definition) is 1. The van der Waals surface area contributed by atoms with E-state index in [1.165, 1.54) is 16.7 Å². The first-order valence-corrected chi connectivity index (χ1v) is 10.1. The fourth-order valence-electron chi connectivity index (χ4n) is 2.59. The molecule has 0 aliphatic rings. The topological polar surface area (TPSA) is 42.0 Å². The summed E-state index contributed by atoms with van der Waals surface area (Å²) in [5.74, 6) is -0.0523. The molecule has 2 heterocycles. The maximum atomic E-state index is 12.3. The zero-order chi connectivity index (χ0) is 17.2. The molecule has 0 saturated carbocycles. The Hall–Kier alpha value is -2.02. The summed E-state index contributed by atoms with van der Waals surface area (Å²) in [4.78, 5) is 17.9. The van der Waals surface area contributed by atoms with E-state index >= 15 is 0 Å². The number of nitrogens with zero attached hydrogens (tertiary/aromatic N) is 1. The summed E-state index contributed by atoms with van der Waals surface area (Å²) in [6, 6.07) is 18.3. The first-order chi connectivity index (χ1) is 12.2. The lowest BCUT2D eigenvalue weighted by Gasteiger charge is -2.04. The van der Waals surface area contributed by atoms with Gasteiger partial charge in [0, 0.05) is 5.38 Å². The Bertz CT molecular complexity index is 1050. The lowest BCUT2D eigenvalue weighted by molar-refractivity contribution is -0.115. The van der Waals surface area contributed by atoms with Crippen LogP contribution < -0.4 is 5.32 Å². The standard InChI is InChI=1S/C19H13BrN2OS2/c20-17-8-7-16(25-17)15-11-24-19(21-15)22-18(23)10-12-5-6-13-3-1-2-4-14(13)9-12/h1-9,11H,10H2,(H,21,22,23). The van der Waals surface area contributed by atoms with E-state index < -0.39 is 0 Å². The van der Waals surface area contributed by atoms with Gasteiger partial charge in [0.2, 0.25) is 5.91 Å². The molecule has 0 spiro atoms. The largest absolute Gasteiger partial charge is 0.302 e. The van der Waals surface area contributed by atoms with Gasteiger partial charge in [-0.15, -0.1) is 22.7 Å². The SMILES string of the molecule is O=C(Cc1ccc2ccccc2c1)Nc1nc(-c2ccc(Br)s2)cs1. The Labute approximate surface area is 161 Å². The number of thiophene rings is 1. The van der Waals surface area contributed by atoms with E-state index in [1.807, 2.05) is 41.8 Å². The quantitative estimate of drug-likeness (QED) is 0.434. The number of thiazole rings is 1. The Morgan fingerprint density at radius 1 is 1.08 bits per heavy atom. The van der Waals surface area contributed by atoms with Gasteiger partial charge in [-0.25, -0.2) is 4.98 Å². The second-order valence-corrected chi connectivity index (χ2v) is 8.87.